The van der Waals surface area contributed by atoms with E-state index in [4.69, 9.17) is 4.74 Å². The predicted octanol–water partition coefficient (Wildman–Crippen LogP) is 2.23. The van der Waals surface area contributed by atoms with Gasteiger partial charge in [0.1, 0.15) is 11.0 Å². The Labute approximate surface area is 133 Å². The number of rotatable bonds is 3. The van der Waals surface area contributed by atoms with Gasteiger partial charge in [-0.2, -0.15) is 0 Å². The Hall–Kier alpha value is -2.02. The molecule has 3 heterocycles. The van der Waals surface area contributed by atoms with Crippen molar-refractivity contribution in [3.05, 3.63) is 34.2 Å². The number of aromatic nitrogens is 3. The molecule has 0 spiro atoms. The summed E-state index contributed by atoms with van der Waals surface area (Å²) in [6, 6.07) is 0. The van der Waals surface area contributed by atoms with Crippen molar-refractivity contribution in [3.8, 4) is 5.88 Å². The molecule has 3 rings (SSSR count). The smallest absolute Gasteiger partial charge is 0.265 e. The van der Waals surface area contributed by atoms with Gasteiger partial charge in [0.15, 0.2) is 0 Å². The first-order valence-corrected chi connectivity index (χ1v) is 8.11. The molecule has 7 heteroatoms. The number of likely N-dealkylation sites (tertiary alicyclic amines) is 1. The van der Waals surface area contributed by atoms with E-state index in [1.54, 1.807) is 18.6 Å². The fourth-order valence-electron chi connectivity index (χ4n) is 2.61. The number of ether oxygens (including phenoxy) is 1. The van der Waals surface area contributed by atoms with Gasteiger partial charge < -0.3 is 9.64 Å². The molecule has 1 amide bonds. The molecular weight excluding hydrogens is 300 g/mol. The van der Waals surface area contributed by atoms with E-state index < -0.39 is 0 Å². The van der Waals surface area contributed by atoms with Crippen molar-refractivity contribution in [1.82, 2.24) is 19.9 Å². The molecule has 0 radical (unpaired) electrons. The van der Waals surface area contributed by atoms with Gasteiger partial charge >= 0.3 is 0 Å². The number of carbonyl (C=O) groups excluding carboxylic acids is 1. The Bertz CT molecular complexity index is 659. The Balaban J connectivity index is 1.68. The topological polar surface area (TPSA) is 68.2 Å². The van der Waals surface area contributed by atoms with Crippen LogP contribution in [-0.2, 0) is 0 Å². The summed E-state index contributed by atoms with van der Waals surface area (Å²) >= 11 is 1.46. The summed E-state index contributed by atoms with van der Waals surface area (Å²) in [5, 5.41) is 0.921. The molecule has 116 valence electrons. The van der Waals surface area contributed by atoms with Crippen LogP contribution in [0.5, 0.6) is 5.88 Å². The highest BCUT2D eigenvalue weighted by Gasteiger charge is 2.28. The van der Waals surface area contributed by atoms with Crippen molar-refractivity contribution in [2.24, 2.45) is 0 Å². The Morgan fingerprint density at radius 3 is 2.95 bits per heavy atom. The maximum atomic E-state index is 12.6. The molecule has 22 heavy (non-hydrogen) atoms. The SMILES string of the molecule is Cc1nc(C)c(C(=O)N2CCCC(Oc3cnccn3)C2)s1. The molecule has 1 aliphatic heterocycles. The van der Waals surface area contributed by atoms with Gasteiger partial charge in [-0.15, -0.1) is 11.3 Å². The Kier molecular flexibility index (Phi) is 4.33. The zero-order valence-electron chi connectivity index (χ0n) is 12.7. The van der Waals surface area contributed by atoms with Crippen molar-refractivity contribution in [2.45, 2.75) is 32.8 Å². The number of amides is 1. The lowest BCUT2D eigenvalue weighted by Gasteiger charge is -2.32. The molecule has 1 saturated heterocycles. The standard InChI is InChI=1S/C15H18N4O2S/c1-10-14(22-11(2)18-10)15(20)19-7-3-4-12(9-19)21-13-8-16-5-6-17-13/h5-6,8,12H,3-4,7,9H2,1-2H3. The molecule has 2 aromatic rings. The maximum Gasteiger partial charge on any atom is 0.265 e. The average molecular weight is 318 g/mol. The lowest BCUT2D eigenvalue weighted by Crippen LogP contribution is -2.44. The second kappa shape index (κ2) is 6.39. The van der Waals surface area contributed by atoms with Crippen molar-refractivity contribution >= 4 is 17.2 Å². The third kappa shape index (κ3) is 3.24. The second-order valence-corrected chi connectivity index (χ2v) is 6.53. The summed E-state index contributed by atoms with van der Waals surface area (Å²) in [4.78, 5) is 27.7. The van der Waals surface area contributed by atoms with E-state index in [-0.39, 0.29) is 12.0 Å². The van der Waals surface area contributed by atoms with Crippen LogP contribution in [0.2, 0.25) is 0 Å². The lowest BCUT2D eigenvalue weighted by molar-refractivity contribution is 0.0530. The molecule has 1 aliphatic rings. The number of nitrogens with zero attached hydrogens (tertiary/aromatic N) is 4. The Morgan fingerprint density at radius 2 is 2.27 bits per heavy atom. The van der Waals surface area contributed by atoms with Crippen molar-refractivity contribution < 1.29 is 9.53 Å². The van der Waals surface area contributed by atoms with E-state index in [2.05, 4.69) is 15.0 Å². The van der Waals surface area contributed by atoms with Gasteiger partial charge in [0.2, 0.25) is 5.88 Å². The van der Waals surface area contributed by atoms with Gasteiger partial charge in [-0.3, -0.25) is 9.78 Å². The highest BCUT2D eigenvalue weighted by Crippen LogP contribution is 2.22. The molecule has 0 aromatic carbocycles. The molecule has 0 N–H and O–H groups in total. The van der Waals surface area contributed by atoms with E-state index in [0.29, 0.717) is 12.4 Å². The van der Waals surface area contributed by atoms with Gasteiger partial charge in [0.05, 0.1) is 23.4 Å². The van der Waals surface area contributed by atoms with Crippen LogP contribution in [0.1, 0.15) is 33.2 Å². The molecule has 6 nitrogen and oxygen atoms in total. The molecule has 0 aliphatic carbocycles. The van der Waals surface area contributed by atoms with Crippen LogP contribution in [0, 0.1) is 13.8 Å². The summed E-state index contributed by atoms with van der Waals surface area (Å²) in [7, 11) is 0. The van der Waals surface area contributed by atoms with Gasteiger partial charge in [-0.05, 0) is 26.7 Å². The Morgan fingerprint density at radius 1 is 1.41 bits per heavy atom. The molecule has 2 aromatic heterocycles. The number of hydrogen-bond acceptors (Lipinski definition) is 6. The third-order valence-corrected chi connectivity index (χ3v) is 4.65. The van der Waals surface area contributed by atoms with Crippen LogP contribution in [0.3, 0.4) is 0 Å². The molecule has 1 atom stereocenters. The van der Waals surface area contributed by atoms with E-state index in [0.717, 1.165) is 35.0 Å². The van der Waals surface area contributed by atoms with Crippen LogP contribution in [0.4, 0.5) is 0 Å². The summed E-state index contributed by atoms with van der Waals surface area (Å²) in [5.74, 6) is 0.558. The quantitative estimate of drug-likeness (QED) is 0.868. The number of carbonyl (C=O) groups is 1. The molecule has 1 fully saturated rings. The van der Waals surface area contributed by atoms with Gasteiger partial charge in [0.25, 0.3) is 5.91 Å². The highest BCUT2D eigenvalue weighted by molar-refractivity contribution is 7.13. The summed E-state index contributed by atoms with van der Waals surface area (Å²) in [6.45, 7) is 5.14. The minimum Gasteiger partial charge on any atom is -0.471 e. The zero-order chi connectivity index (χ0) is 15.5. The summed E-state index contributed by atoms with van der Waals surface area (Å²) in [5.41, 5.74) is 0.810. The van der Waals surface area contributed by atoms with E-state index in [1.165, 1.54) is 11.3 Å². The van der Waals surface area contributed by atoms with Crippen LogP contribution in [-0.4, -0.2) is 45.0 Å². The monoisotopic (exact) mass is 318 g/mol. The third-order valence-electron chi connectivity index (χ3n) is 3.59. The minimum atomic E-state index is -0.0382. The van der Waals surface area contributed by atoms with E-state index in [1.807, 2.05) is 18.7 Å². The van der Waals surface area contributed by atoms with Gasteiger partial charge in [-0.25, -0.2) is 9.97 Å². The van der Waals surface area contributed by atoms with Crippen molar-refractivity contribution in [1.29, 1.82) is 0 Å². The number of hydrogen-bond donors (Lipinski definition) is 0. The van der Waals surface area contributed by atoms with Crippen molar-refractivity contribution in [2.75, 3.05) is 13.1 Å². The van der Waals surface area contributed by atoms with E-state index in [9.17, 15) is 4.79 Å². The average Bonchev–Trinajstić information content (AvgIpc) is 2.86. The van der Waals surface area contributed by atoms with Crippen molar-refractivity contribution in [3.63, 3.8) is 0 Å². The molecule has 0 saturated carbocycles. The summed E-state index contributed by atoms with van der Waals surface area (Å²) < 4.78 is 5.83. The first-order valence-electron chi connectivity index (χ1n) is 7.29. The largest absolute Gasteiger partial charge is 0.471 e. The zero-order valence-corrected chi connectivity index (χ0v) is 13.5. The normalized spacial score (nSPS) is 18.3. The minimum absolute atomic E-state index is 0.0382. The van der Waals surface area contributed by atoms with Crippen LogP contribution < -0.4 is 4.74 Å². The number of piperidine rings is 1. The van der Waals surface area contributed by atoms with Crippen LogP contribution in [0.25, 0.3) is 0 Å². The number of thiazole rings is 1. The maximum absolute atomic E-state index is 12.6. The molecule has 1 unspecified atom stereocenters. The fourth-order valence-corrected chi connectivity index (χ4v) is 3.50. The lowest BCUT2D eigenvalue weighted by atomic mass is 10.1. The van der Waals surface area contributed by atoms with Gasteiger partial charge in [-0.1, -0.05) is 0 Å². The first-order chi connectivity index (χ1) is 10.6. The first kappa shape index (κ1) is 14.9. The molecule has 0 bridgehead atoms. The highest BCUT2D eigenvalue weighted by atomic mass is 32.1. The number of aryl methyl sites for hydroxylation is 2. The van der Waals surface area contributed by atoms with Gasteiger partial charge in [0, 0.05) is 18.9 Å². The van der Waals surface area contributed by atoms with Crippen LogP contribution in [0.15, 0.2) is 18.6 Å². The fraction of sp³-hybridized carbons (Fsp3) is 0.467. The van der Waals surface area contributed by atoms with E-state index >= 15 is 0 Å². The van der Waals surface area contributed by atoms with Crippen LogP contribution >= 0.6 is 11.3 Å². The molecular formula is C15H18N4O2S. The second-order valence-electron chi connectivity index (χ2n) is 5.32. The summed E-state index contributed by atoms with van der Waals surface area (Å²) in [6.07, 6.45) is 6.61. The predicted molar refractivity (Wildman–Crippen MR) is 83.2 cm³/mol.